The molecule has 1 unspecified atom stereocenters. The van der Waals surface area contributed by atoms with Gasteiger partial charge in [0.05, 0.1) is 6.61 Å². The molecule has 5 heteroatoms. The fraction of sp³-hybridized carbons (Fsp3) is 0.250. The molecule has 0 amide bonds. The Morgan fingerprint density at radius 2 is 2.10 bits per heavy atom. The van der Waals surface area contributed by atoms with Crippen molar-refractivity contribution in [2.24, 2.45) is 0 Å². The van der Waals surface area contributed by atoms with Crippen molar-refractivity contribution < 1.29 is 23.8 Å². The molecule has 1 atom stereocenters. The van der Waals surface area contributed by atoms with E-state index in [0.29, 0.717) is 18.6 Å². The second-order valence-corrected chi connectivity index (χ2v) is 4.58. The van der Waals surface area contributed by atoms with E-state index >= 15 is 0 Å². The van der Waals surface area contributed by atoms with Gasteiger partial charge in [0.2, 0.25) is 0 Å². The number of cyclic esters (lactones) is 1. The van der Waals surface area contributed by atoms with Crippen LogP contribution in [-0.2, 0) is 30.4 Å². The highest BCUT2D eigenvalue weighted by Gasteiger charge is 2.28. The minimum atomic E-state index is -0.520. The number of carbonyl (C=O) groups excluding carboxylic acids is 2. The van der Waals surface area contributed by atoms with Crippen LogP contribution in [0.1, 0.15) is 23.7 Å². The summed E-state index contributed by atoms with van der Waals surface area (Å²) in [5, 5.41) is 0. The molecule has 1 aromatic rings. The van der Waals surface area contributed by atoms with Crippen molar-refractivity contribution in [2.75, 3.05) is 6.79 Å². The molecular formula is C16H16O5. The molecule has 0 saturated carbocycles. The lowest BCUT2D eigenvalue weighted by molar-refractivity contribution is -0.151. The number of carbonyl (C=O) groups is 2. The Morgan fingerprint density at radius 3 is 2.67 bits per heavy atom. The lowest BCUT2D eigenvalue weighted by Crippen LogP contribution is -2.05. The average Bonchev–Trinajstić information content (AvgIpc) is 2.83. The van der Waals surface area contributed by atoms with E-state index in [-0.39, 0.29) is 18.9 Å². The number of rotatable bonds is 6. The molecule has 0 radical (unpaired) electrons. The molecule has 2 rings (SSSR count). The minimum absolute atomic E-state index is 0.118. The quantitative estimate of drug-likeness (QED) is 0.348. The smallest absolute Gasteiger partial charge is 0.334 e. The average molecular weight is 288 g/mol. The zero-order valence-corrected chi connectivity index (χ0v) is 11.5. The van der Waals surface area contributed by atoms with Crippen LogP contribution in [0.15, 0.2) is 49.1 Å². The van der Waals surface area contributed by atoms with E-state index in [9.17, 15) is 9.59 Å². The van der Waals surface area contributed by atoms with E-state index in [1.165, 1.54) is 0 Å². The van der Waals surface area contributed by atoms with E-state index in [1.807, 2.05) is 24.3 Å². The number of esters is 2. The SMILES string of the molecule is C=CC(=O)OCOCc1ccc(C2CC(=C)C(=O)O2)cc1. The number of ether oxygens (including phenoxy) is 3. The molecule has 0 spiro atoms. The fourth-order valence-corrected chi connectivity index (χ4v) is 1.89. The molecule has 0 aromatic heterocycles. The maximum atomic E-state index is 11.3. The van der Waals surface area contributed by atoms with Gasteiger partial charge in [-0.05, 0) is 11.1 Å². The van der Waals surface area contributed by atoms with Gasteiger partial charge in [0.1, 0.15) is 6.10 Å². The highest BCUT2D eigenvalue weighted by atomic mass is 16.7. The van der Waals surface area contributed by atoms with Crippen LogP contribution in [0.4, 0.5) is 0 Å². The van der Waals surface area contributed by atoms with E-state index < -0.39 is 5.97 Å². The van der Waals surface area contributed by atoms with Crippen molar-refractivity contribution in [3.63, 3.8) is 0 Å². The number of hydrogen-bond acceptors (Lipinski definition) is 5. The normalized spacial score (nSPS) is 17.4. The second kappa shape index (κ2) is 6.85. The van der Waals surface area contributed by atoms with Crippen LogP contribution >= 0.6 is 0 Å². The van der Waals surface area contributed by atoms with Crippen molar-refractivity contribution >= 4 is 11.9 Å². The predicted molar refractivity (Wildman–Crippen MR) is 75.0 cm³/mol. The first-order chi connectivity index (χ1) is 10.1. The van der Waals surface area contributed by atoms with Crippen molar-refractivity contribution in [3.8, 4) is 0 Å². The first-order valence-corrected chi connectivity index (χ1v) is 6.44. The molecule has 0 aliphatic carbocycles. The Kier molecular flexibility index (Phi) is 4.90. The van der Waals surface area contributed by atoms with Gasteiger partial charge in [0.15, 0.2) is 6.79 Å². The third-order valence-corrected chi connectivity index (χ3v) is 3.04. The summed E-state index contributed by atoms with van der Waals surface area (Å²) < 4.78 is 15.1. The monoisotopic (exact) mass is 288 g/mol. The zero-order chi connectivity index (χ0) is 15.2. The Balaban J connectivity index is 1.82. The van der Waals surface area contributed by atoms with Crippen LogP contribution in [0.3, 0.4) is 0 Å². The van der Waals surface area contributed by atoms with E-state index in [1.54, 1.807) is 0 Å². The summed E-state index contributed by atoms with van der Waals surface area (Å²) in [7, 11) is 0. The summed E-state index contributed by atoms with van der Waals surface area (Å²) in [5.41, 5.74) is 2.34. The molecule has 0 bridgehead atoms. The van der Waals surface area contributed by atoms with Crippen molar-refractivity contribution in [1.29, 1.82) is 0 Å². The van der Waals surface area contributed by atoms with Gasteiger partial charge in [-0.3, -0.25) is 0 Å². The van der Waals surface area contributed by atoms with Crippen LogP contribution in [0, 0.1) is 0 Å². The fourth-order valence-electron chi connectivity index (χ4n) is 1.89. The molecule has 1 heterocycles. The number of benzene rings is 1. The molecular weight excluding hydrogens is 272 g/mol. The van der Waals surface area contributed by atoms with Gasteiger partial charge in [-0.15, -0.1) is 0 Å². The van der Waals surface area contributed by atoms with Crippen LogP contribution in [0.25, 0.3) is 0 Å². The van der Waals surface area contributed by atoms with Crippen LogP contribution in [0.2, 0.25) is 0 Å². The van der Waals surface area contributed by atoms with Gasteiger partial charge in [-0.1, -0.05) is 37.4 Å². The molecule has 1 saturated heterocycles. The Bertz CT molecular complexity index is 543. The molecule has 1 aromatic carbocycles. The first kappa shape index (κ1) is 15.0. The highest BCUT2D eigenvalue weighted by Crippen LogP contribution is 2.32. The van der Waals surface area contributed by atoms with Crippen LogP contribution < -0.4 is 0 Å². The summed E-state index contributed by atoms with van der Waals surface area (Å²) in [5.74, 6) is -0.856. The second-order valence-electron chi connectivity index (χ2n) is 4.58. The summed E-state index contributed by atoms with van der Waals surface area (Å²) >= 11 is 0. The summed E-state index contributed by atoms with van der Waals surface area (Å²) in [6.45, 7) is 7.14. The summed E-state index contributed by atoms with van der Waals surface area (Å²) in [6, 6.07) is 7.51. The van der Waals surface area contributed by atoms with Gasteiger partial charge < -0.3 is 14.2 Å². The summed E-state index contributed by atoms with van der Waals surface area (Å²) in [6.07, 6.45) is 1.34. The van der Waals surface area contributed by atoms with E-state index in [4.69, 9.17) is 14.2 Å². The van der Waals surface area contributed by atoms with Crippen molar-refractivity contribution in [1.82, 2.24) is 0 Å². The topological polar surface area (TPSA) is 61.8 Å². The predicted octanol–water partition coefficient (Wildman–Crippen LogP) is 2.43. The molecule has 21 heavy (non-hydrogen) atoms. The van der Waals surface area contributed by atoms with Crippen LogP contribution in [-0.4, -0.2) is 18.7 Å². The number of hydrogen-bond donors (Lipinski definition) is 0. The lowest BCUT2D eigenvalue weighted by atomic mass is 10.0. The largest absolute Gasteiger partial charge is 0.454 e. The molecule has 1 aliphatic rings. The van der Waals surface area contributed by atoms with Crippen LogP contribution in [0.5, 0.6) is 0 Å². The third kappa shape index (κ3) is 4.03. The minimum Gasteiger partial charge on any atom is -0.454 e. The Labute approximate surface area is 122 Å². The standard InChI is InChI=1S/C16H16O5/c1-3-15(17)20-10-19-9-12-4-6-13(7-5-12)14-8-11(2)16(18)21-14/h3-7,14H,1-2,8-10H2. The molecule has 1 fully saturated rings. The Morgan fingerprint density at radius 1 is 1.38 bits per heavy atom. The highest BCUT2D eigenvalue weighted by molar-refractivity contribution is 5.90. The van der Waals surface area contributed by atoms with Crippen molar-refractivity contribution in [2.45, 2.75) is 19.1 Å². The van der Waals surface area contributed by atoms with E-state index in [0.717, 1.165) is 17.2 Å². The lowest BCUT2D eigenvalue weighted by Gasteiger charge is -2.10. The van der Waals surface area contributed by atoms with Gasteiger partial charge in [0, 0.05) is 18.1 Å². The van der Waals surface area contributed by atoms with Gasteiger partial charge in [-0.2, -0.15) is 0 Å². The maximum Gasteiger partial charge on any atom is 0.334 e. The zero-order valence-electron chi connectivity index (χ0n) is 11.5. The summed E-state index contributed by atoms with van der Waals surface area (Å²) in [4.78, 5) is 22.1. The maximum absolute atomic E-state index is 11.3. The van der Waals surface area contributed by atoms with E-state index in [2.05, 4.69) is 13.2 Å². The molecule has 0 N–H and O–H groups in total. The van der Waals surface area contributed by atoms with Crippen molar-refractivity contribution in [3.05, 3.63) is 60.2 Å². The molecule has 1 aliphatic heterocycles. The third-order valence-electron chi connectivity index (χ3n) is 3.04. The molecule has 5 nitrogen and oxygen atoms in total. The first-order valence-electron chi connectivity index (χ1n) is 6.44. The van der Waals surface area contributed by atoms with Gasteiger partial charge in [-0.25, -0.2) is 9.59 Å². The van der Waals surface area contributed by atoms with Gasteiger partial charge in [0.25, 0.3) is 0 Å². The molecule has 110 valence electrons. The Hall–Kier alpha value is -2.40. The van der Waals surface area contributed by atoms with Gasteiger partial charge >= 0.3 is 11.9 Å².